The highest BCUT2D eigenvalue weighted by Crippen LogP contribution is 2.73. The molecule has 6 aliphatic rings. The minimum atomic E-state index is -0.642. The van der Waals surface area contributed by atoms with Gasteiger partial charge in [0.1, 0.15) is 6.07 Å². The Morgan fingerprint density at radius 2 is 1.69 bits per heavy atom. The van der Waals surface area contributed by atoms with Crippen LogP contribution < -0.4 is 5.32 Å². The summed E-state index contributed by atoms with van der Waals surface area (Å²) in [5.41, 5.74) is -0.110. The number of hydrogen-bond acceptors (Lipinski definition) is 6. The SMILES string of the molecule is C=C(N[C@]12CCC(C)(C)CC1C1C(=O)C=C3[C@@]4(C)C=C(C#N)C(=O)C(C)(C)[C@@H]4CC[C@@]3(C)[C@]1(C)CC2)N1CCOCC1. The van der Waals surface area contributed by atoms with Crippen molar-refractivity contribution >= 4 is 11.6 Å². The largest absolute Gasteiger partial charge is 0.378 e. The van der Waals surface area contributed by atoms with Crippen LogP contribution in [0.15, 0.2) is 35.7 Å². The van der Waals surface area contributed by atoms with Gasteiger partial charge >= 0.3 is 0 Å². The maximum absolute atomic E-state index is 14.7. The van der Waals surface area contributed by atoms with Crippen molar-refractivity contribution in [3.05, 3.63) is 35.7 Å². The number of nitrogens with one attached hydrogen (secondary N) is 1. The highest BCUT2D eigenvalue weighted by atomic mass is 16.5. The van der Waals surface area contributed by atoms with E-state index in [0.29, 0.717) is 0 Å². The summed E-state index contributed by atoms with van der Waals surface area (Å²) in [7, 11) is 0. The number of Topliss-reactive ketones (excluding diaryl/α,β-unsaturated/α-hetero) is 1. The Morgan fingerprint density at radius 1 is 1.02 bits per heavy atom. The van der Waals surface area contributed by atoms with Crippen molar-refractivity contribution in [3.63, 3.8) is 0 Å². The van der Waals surface area contributed by atoms with Crippen LogP contribution in [0.25, 0.3) is 0 Å². The van der Waals surface area contributed by atoms with Crippen molar-refractivity contribution < 1.29 is 14.3 Å². The summed E-state index contributed by atoms with van der Waals surface area (Å²) in [5.74, 6) is 1.37. The Kier molecular flexibility index (Phi) is 6.57. The number of carbonyl (C=O) groups is 2. The molecule has 42 heavy (non-hydrogen) atoms. The first-order valence-corrected chi connectivity index (χ1v) is 16.3. The van der Waals surface area contributed by atoms with Crippen LogP contribution in [-0.2, 0) is 14.3 Å². The number of nitriles is 1. The Balaban J connectivity index is 1.45. The van der Waals surface area contributed by atoms with Crippen molar-refractivity contribution in [2.75, 3.05) is 26.3 Å². The molecule has 0 bridgehead atoms. The van der Waals surface area contributed by atoms with Crippen LogP contribution in [0, 0.1) is 56.2 Å². The predicted molar refractivity (Wildman–Crippen MR) is 164 cm³/mol. The Hall–Kier alpha value is -2.39. The summed E-state index contributed by atoms with van der Waals surface area (Å²) in [6, 6.07) is 2.22. The second-order valence-corrected chi connectivity index (χ2v) is 16.6. The van der Waals surface area contributed by atoms with Crippen molar-refractivity contribution in [2.24, 2.45) is 44.8 Å². The monoisotopic (exact) mass is 573 g/mol. The number of nitrogens with zero attached hydrogens (tertiary/aromatic N) is 2. The predicted octanol–water partition coefficient (Wildman–Crippen LogP) is 6.35. The van der Waals surface area contributed by atoms with Gasteiger partial charge in [-0.2, -0.15) is 5.26 Å². The summed E-state index contributed by atoms with van der Waals surface area (Å²) < 4.78 is 5.61. The molecule has 6 nitrogen and oxygen atoms in total. The van der Waals surface area contributed by atoms with E-state index in [-0.39, 0.29) is 56.7 Å². The van der Waals surface area contributed by atoms with Crippen LogP contribution in [0.4, 0.5) is 0 Å². The second-order valence-electron chi connectivity index (χ2n) is 16.6. The smallest absolute Gasteiger partial charge is 0.178 e. The molecular formula is C36H51N3O3. The average molecular weight is 574 g/mol. The van der Waals surface area contributed by atoms with E-state index in [1.165, 1.54) is 0 Å². The molecular weight excluding hydrogens is 522 g/mol. The Bertz CT molecular complexity index is 1330. The molecule has 6 rings (SSSR count). The molecule has 5 aliphatic carbocycles. The Morgan fingerprint density at radius 3 is 2.36 bits per heavy atom. The number of fused-ring (bicyclic) bond motifs is 7. The van der Waals surface area contributed by atoms with Gasteiger partial charge in [-0.3, -0.25) is 9.59 Å². The number of ketones is 2. The molecule has 0 spiro atoms. The third-order valence-corrected chi connectivity index (χ3v) is 13.6. The maximum atomic E-state index is 14.7. The third-order valence-electron chi connectivity index (χ3n) is 13.6. The van der Waals surface area contributed by atoms with E-state index in [4.69, 9.17) is 4.74 Å². The quantitative estimate of drug-likeness (QED) is 0.424. The first kappa shape index (κ1) is 29.7. The van der Waals surface area contributed by atoms with Crippen LogP contribution >= 0.6 is 0 Å². The van der Waals surface area contributed by atoms with Gasteiger partial charge in [0.25, 0.3) is 0 Å². The van der Waals surface area contributed by atoms with Crippen LogP contribution in [0.2, 0.25) is 0 Å². The van der Waals surface area contributed by atoms with Gasteiger partial charge in [-0.05, 0) is 79.1 Å². The topological polar surface area (TPSA) is 82.4 Å². The summed E-state index contributed by atoms with van der Waals surface area (Å²) in [5, 5.41) is 14.0. The van der Waals surface area contributed by atoms with E-state index in [2.05, 4.69) is 57.5 Å². The highest BCUT2D eigenvalue weighted by Gasteiger charge is 2.70. The summed E-state index contributed by atoms with van der Waals surface area (Å²) in [4.78, 5) is 30.4. The molecule has 3 saturated carbocycles. The number of hydrogen-bond donors (Lipinski definition) is 1. The zero-order chi connectivity index (χ0) is 30.5. The van der Waals surface area contributed by atoms with Crippen molar-refractivity contribution in [1.29, 1.82) is 5.26 Å². The van der Waals surface area contributed by atoms with Crippen LogP contribution in [0.1, 0.15) is 93.4 Å². The molecule has 6 heteroatoms. The van der Waals surface area contributed by atoms with E-state index < -0.39 is 10.8 Å². The van der Waals surface area contributed by atoms with E-state index in [1.54, 1.807) is 0 Å². The molecule has 4 fully saturated rings. The fourth-order valence-corrected chi connectivity index (χ4v) is 11.1. The molecule has 0 radical (unpaired) electrons. The lowest BCUT2D eigenvalue weighted by molar-refractivity contribution is -0.161. The fourth-order valence-electron chi connectivity index (χ4n) is 11.1. The van der Waals surface area contributed by atoms with Crippen molar-refractivity contribution in [3.8, 4) is 6.07 Å². The molecule has 0 aromatic carbocycles. The normalized spacial score (nSPS) is 43.9. The Labute approximate surface area is 253 Å². The van der Waals surface area contributed by atoms with Crippen LogP contribution in [0.3, 0.4) is 0 Å². The maximum Gasteiger partial charge on any atom is 0.178 e. The molecule has 0 aromatic rings. The lowest BCUT2D eigenvalue weighted by atomic mass is 9.35. The number of ether oxygens (including phenoxy) is 1. The minimum Gasteiger partial charge on any atom is -0.378 e. The second kappa shape index (κ2) is 9.31. The zero-order valence-electron chi connectivity index (χ0n) is 27.0. The highest BCUT2D eigenvalue weighted by molar-refractivity contribution is 6.04. The van der Waals surface area contributed by atoms with Gasteiger partial charge in [0, 0.05) is 35.4 Å². The average Bonchev–Trinajstić information content (AvgIpc) is 2.93. The van der Waals surface area contributed by atoms with E-state index in [0.717, 1.165) is 82.6 Å². The van der Waals surface area contributed by atoms with Gasteiger partial charge in [0.2, 0.25) is 0 Å². The number of allylic oxidation sites excluding steroid dienone is 4. The molecule has 0 amide bonds. The summed E-state index contributed by atoms with van der Waals surface area (Å²) in [6.45, 7) is 23.4. The van der Waals surface area contributed by atoms with Gasteiger partial charge in [-0.15, -0.1) is 0 Å². The molecule has 1 aliphatic heterocycles. The minimum absolute atomic E-state index is 0.0543. The summed E-state index contributed by atoms with van der Waals surface area (Å²) in [6.07, 6.45) is 11.0. The van der Waals surface area contributed by atoms with E-state index >= 15 is 0 Å². The van der Waals surface area contributed by atoms with Gasteiger partial charge in [-0.1, -0.05) is 66.7 Å². The fraction of sp³-hybridized carbons (Fsp3) is 0.750. The van der Waals surface area contributed by atoms with Gasteiger partial charge < -0.3 is 15.0 Å². The number of rotatable bonds is 3. The van der Waals surface area contributed by atoms with Crippen molar-refractivity contribution in [1.82, 2.24) is 10.2 Å². The first-order chi connectivity index (χ1) is 19.5. The molecule has 228 valence electrons. The zero-order valence-corrected chi connectivity index (χ0v) is 27.0. The lowest BCUT2D eigenvalue weighted by Crippen LogP contribution is -2.69. The van der Waals surface area contributed by atoms with Crippen LogP contribution in [-0.4, -0.2) is 48.3 Å². The molecule has 1 heterocycles. The number of carbonyl (C=O) groups excluding carboxylic acids is 2. The summed E-state index contributed by atoms with van der Waals surface area (Å²) >= 11 is 0. The van der Waals surface area contributed by atoms with Gasteiger partial charge in [0.15, 0.2) is 11.6 Å². The van der Waals surface area contributed by atoms with Gasteiger partial charge in [-0.25, -0.2) is 0 Å². The van der Waals surface area contributed by atoms with E-state index in [1.807, 2.05) is 26.0 Å². The number of morpholine rings is 1. The lowest BCUT2D eigenvalue weighted by Gasteiger charge is -2.69. The van der Waals surface area contributed by atoms with Crippen LogP contribution in [0.5, 0.6) is 0 Å². The third kappa shape index (κ3) is 3.91. The molecule has 7 atom stereocenters. The first-order valence-electron chi connectivity index (χ1n) is 16.3. The van der Waals surface area contributed by atoms with Gasteiger partial charge in [0.05, 0.1) is 24.6 Å². The molecule has 0 aromatic heterocycles. The molecule has 1 N–H and O–H groups in total. The standard InChI is InChI=1S/C36H51N3O3/c1-23(39-15-17-42-18-16-39)38-36-13-11-31(2,3)21-25(36)29-26(40)19-28-33(6)20-24(22-37)30(41)32(4,5)27(33)9-10-34(28,7)35(29,8)12-14-36/h19-20,25,27,29,38H,1,9-18,21H2,2-8H3/t25?,27-,29?,33-,34+,35+,36-/m0/s1. The molecule has 1 saturated heterocycles. The molecule has 2 unspecified atom stereocenters. The van der Waals surface area contributed by atoms with Crippen molar-refractivity contribution in [2.45, 2.75) is 99.0 Å². The van der Waals surface area contributed by atoms with E-state index in [9.17, 15) is 14.9 Å².